The van der Waals surface area contributed by atoms with Crippen LogP contribution in [0.15, 0.2) is 155 Å². The fraction of sp³-hybridized carbons (Fsp3) is 0.382. The summed E-state index contributed by atoms with van der Waals surface area (Å²) in [5.74, 6) is 5.96. The van der Waals surface area contributed by atoms with Crippen molar-refractivity contribution >= 4 is 17.6 Å². The number of pyridine rings is 3. The highest BCUT2D eigenvalue weighted by molar-refractivity contribution is 7.08. The number of aldehydes is 1. The van der Waals surface area contributed by atoms with Gasteiger partial charge in [0.25, 0.3) is 0 Å². The average molecular weight is 1170 g/mol. The van der Waals surface area contributed by atoms with Crippen molar-refractivity contribution in [1.29, 1.82) is 0 Å². The van der Waals surface area contributed by atoms with Crippen LogP contribution in [0.25, 0.3) is 0 Å². The highest BCUT2D eigenvalue weighted by Gasteiger charge is 2.43. The molecule has 0 amide bonds. The van der Waals surface area contributed by atoms with E-state index in [-0.39, 0.29) is 35.0 Å². The number of aromatic nitrogens is 3. The van der Waals surface area contributed by atoms with Gasteiger partial charge in [-0.1, -0.05) is 153 Å². The lowest BCUT2D eigenvalue weighted by Gasteiger charge is -2.05. The molecule has 83 heavy (non-hydrogen) atoms. The van der Waals surface area contributed by atoms with Gasteiger partial charge in [-0.2, -0.15) is 15.7 Å². The van der Waals surface area contributed by atoms with Gasteiger partial charge in [-0.25, -0.2) is 13.8 Å². The van der Waals surface area contributed by atoms with Crippen LogP contribution in [0.2, 0.25) is 0 Å². The monoisotopic (exact) mass is 1170 g/mol. The molecule has 0 N–H and O–H groups in total. The maximum absolute atomic E-state index is 12.8. The number of hydrogen-bond donors (Lipinski definition) is 0. The van der Waals surface area contributed by atoms with Gasteiger partial charge in [0, 0.05) is 30.7 Å². The Morgan fingerprint density at radius 2 is 1.05 bits per heavy atom. The zero-order valence-corrected chi connectivity index (χ0v) is 51.7. The predicted octanol–water partition coefficient (Wildman–Crippen LogP) is 20.6. The lowest BCUT2D eigenvalue weighted by atomic mass is 10.0. The SMILES string of the molecule is CC(C)c1ccc(C=O)o1.CC(C)c1ccc(F)nc1.CC(C)c1ccc2c(c1)OC(F)(F)O2.CC(C)c1ccc2c(c1)OCO2.CC(C)c1ccccc1F.CC(C)c1cccnc1.CC(C)c1ccsc1.CC(C)c1cncc(F)c1. The van der Waals surface area contributed by atoms with Crippen molar-refractivity contribution in [3.8, 4) is 23.0 Å². The first-order valence-corrected chi connectivity index (χ1v) is 28.9. The summed E-state index contributed by atoms with van der Waals surface area (Å²) in [4.78, 5) is 21.4. The van der Waals surface area contributed by atoms with Gasteiger partial charge in [-0.15, -0.1) is 8.78 Å². The van der Waals surface area contributed by atoms with E-state index in [1.807, 2.05) is 98.0 Å². The number of rotatable bonds is 9. The molecule has 0 bridgehead atoms. The van der Waals surface area contributed by atoms with Gasteiger partial charge < -0.3 is 23.4 Å². The average Bonchev–Trinajstić information content (AvgIpc) is 4.34. The standard InChI is InChI=1S/C10H10F2O2.C10H12O2.C9H11F.2C8H10FN.C8H11N.C8H10O2.C7H10S/c1-6(2)7-3-4-8-9(5-7)14-10(11,12)13-8;1-7(2)8-3-4-9-10(5-8)12-6-11-9;1-7(2)8-5-3-4-6-9(8)10;1-6(2)7-3-8(9)5-10-4-7;1-6(2)7-3-4-8(9)10-5-7;1-7(2)8-4-3-5-9-6-8;1-6(2)8-4-3-7(5-9)10-8;1-6(2)7-3-4-8-5-7/h3-6H,1-2H3;3-5,7H,6H2,1-2H3;3-7H,1-2H3;2*3-6H,1-2H3;3-7H,1-2H3;3-6H,1-2H3;3-6H,1-2H3. The van der Waals surface area contributed by atoms with E-state index in [1.54, 1.807) is 60.3 Å². The molecular formula is C68H84F5N3O6S. The molecule has 8 aromatic rings. The van der Waals surface area contributed by atoms with E-state index >= 15 is 0 Å². The second kappa shape index (κ2) is 35.6. The van der Waals surface area contributed by atoms with E-state index < -0.39 is 12.2 Å². The molecule has 0 atom stereocenters. The van der Waals surface area contributed by atoms with Crippen LogP contribution in [0.3, 0.4) is 0 Å². The molecule has 0 fully saturated rings. The molecule has 0 unspecified atom stereocenters. The molecule has 2 aliphatic heterocycles. The summed E-state index contributed by atoms with van der Waals surface area (Å²) in [5.41, 5.74) is 7.81. The van der Waals surface area contributed by atoms with Crippen LogP contribution in [0.1, 0.15) is 213 Å². The van der Waals surface area contributed by atoms with Crippen molar-refractivity contribution in [2.24, 2.45) is 0 Å². The van der Waals surface area contributed by atoms with Crippen LogP contribution in [-0.4, -0.2) is 34.3 Å². The number of hydrogen-bond acceptors (Lipinski definition) is 10. The van der Waals surface area contributed by atoms with Gasteiger partial charge in [0.15, 0.2) is 35.0 Å². The molecule has 10 rings (SSSR count). The van der Waals surface area contributed by atoms with Crippen molar-refractivity contribution in [3.63, 3.8) is 0 Å². The Bertz CT molecular complexity index is 3070. The fourth-order valence-electron chi connectivity index (χ4n) is 7.08. The minimum atomic E-state index is -3.52. The number of carbonyl (C=O) groups excluding carboxylic acids is 1. The molecule has 2 aliphatic rings. The maximum Gasteiger partial charge on any atom is 0.586 e. The van der Waals surface area contributed by atoms with Gasteiger partial charge in [-0.3, -0.25) is 14.8 Å². The number of furan rings is 1. The predicted molar refractivity (Wildman–Crippen MR) is 325 cm³/mol. The number of nitrogens with zero attached hydrogens (tertiary/aromatic N) is 3. The lowest BCUT2D eigenvalue weighted by Crippen LogP contribution is -2.25. The van der Waals surface area contributed by atoms with Crippen LogP contribution in [0, 0.1) is 17.6 Å². The van der Waals surface area contributed by atoms with Gasteiger partial charge in [0.2, 0.25) is 12.7 Å². The highest BCUT2D eigenvalue weighted by atomic mass is 32.1. The number of carbonyl (C=O) groups is 1. The quantitative estimate of drug-likeness (QED) is 0.0793. The topological polar surface area (TPSA) is 106 Å². The maximum atomic E-state index is 12.8. The van der Waals surface area contributed by atoms with Crippen molar-refractivity contribution in [3.05, 3.63) is 219 Å². The third-order valence-electron chi connectivity index (χ3n) is 12.4. The molecular weight excluding hydrogens is 1080 g/mol. The molecule has 448 valence electrons. The highest BCUT2D eigenvalue weighted by Crippen LogP contribution is 2.42. The van der Waals surface area contributed by atoms with Gasteiger partial charge >= 0.3 is 6.29 Å². The summed E-state index contributed by atoms with van der Waals surface area (Å²) < 4.78 is 87.0. The van der Waals surface area contributed by atoms with Crippen LogP contribution in [0.5, 0.6) is 23.0 Å². The normalized spacial score (nSPS) is 12.1. The third kappa shape index (κ3) is 25.7. The largest absolute Gasteiger partial charge is 0.586 e. The Hall–Kier alpha value is -7.39. The Balaban J connectivity index is 0.000000250. The van der Waals surface area contributed by atoms with E-state index in [1.165, 1.54) is 47.2 Å². The zero-order valence-electron chi connectivity index (χ0n) is 50.9. The van der Waals surface area contributed by atoms with E-state index in [4.69, 9.17) is 13.9 Å². The third-order valence-corrected chi connectivity index (χ3v) is 13.1. The van der Waals surface area contributed by atoms with Crippen LogP contribution in [-0.2, 0) is 0 Å². The van der Waals surface area contributed by atoms with E-state index in [2.05, 4.69) is 109 Å². The number of ether oxygens (including phenoxy) is 4. The van der Waals surface area contributed by atoms with Crippen LogP contribution < -0.4 is 18.9 Å². The van der Waals surface area contributed by atoms with Crippen LogP contribution in [0.4, 0.5) is 22.0 Å². The van der Waals surface area contributed by atoms with Crippen molar-refractivity contribution in [2.75, 3.05) is 6.79 Å². The van der Waals surface area contributed by atoms with Crippen LogP contribution >= 0.6 is 11.3 Å². The van der Waals surface area contributed by atoms with Crippen molar-refractivity contribution < 1.29 is 50.1 Å². The van der Waals surface area contributed by atoms with E-state index in [0.717, 1.165) is 39.5 Å². The first-order chi connectivity index (χ1) is 39.2. The molecule has 0 aliphatic carbocycles. The molecule has 0 spiro atoms. The molecule has 15 heteroatoms. The summed E-state index contributed by atoms with van der Waals surface area (Å²) in [6, 6.07) is 32.2. The summed E-state index contributed by atoms with van der Waals surface area (Å²) in [7, 11) is 0. The van der Waals surface area contributed by atoms with Gasteiger partial charge in [0.05, 0.1) is 6.20 Å². The smallest absolute Gasteiger partial charge is 0.458 e. The Morgan fingerprint density at radius 3 is 1.48 bits per heavy atom. The number of halogens is 5. The Morgan fingerprint density at radius 1 is 0.494 bits per heavy atom. The molecule has 0 radical (unpaired) electrons. The first kappa shape index (κ1) is 69.9. The molecule has 0 saturated carbocycles. The first-order valence-electron chi connectivity index (χ1n) is 27.9. The Kier molecular flexibility index (Phi) is 29.9. The fourth-order valence-corrected chi connectivity index (χ4v) is 7.90. The summed E-state index contributed by atoms with van der Waals surface area (Å²) in [6.07, 6.45) is 5.37. The van der Waals surface area contributed by atoms with Crippen molar-refractivity contribution in [2.45, 2.75) is 164 Å². The Labute approximate surface area is 493 Å². The minimum Gasteiger partial charge on any atom is -0.458 e. The summed E-state index contributed by atoms with van der Waals surface area (Å²) in [5, 5.41) is 4.32. The number of fused-ring (bicyclic) bond motifs is 2. The summed E-state index contributed by atoms with van der Waals surface area (Å²) >= 11 is 1.77. The molecule has 0 saturated heterocycles. The second-order valence-corrected chi connectivity index (χ2v) is 22.6. The summed E-state index contributed by atoms with van der Waals surface area (Å²) in [6.45, 7) is 33.5. The van der Waals surface area contributed by atoms with Gasteiger partial charge in [-0.05, 0) is 158 Å². The molecule has 9 nitrogen and oxygen atoms in total. The van der Waals surface area contributed by atoms with Gasteiger partial charge in [0.1, 0.15) is 17.4 Å². The van der Waals surface area contributed by atoms with E-state index in [9.17, 15) is 26.7 Å². The molecule has 5 aromatic heterocycles. The number of thiophene rings is 1. The molecule has 7 heterocycles. The molecule has 3 aromatic carbocycles. The second-order valence-electron chi connectivity index (χ2n) is 21.8. The zero-order chi connectivity index (χ0) is 61.8. The number of alkyl halides is 2. The number of benzene rings is 3. The minimum absolute atomic E-state index is 0.0967. The van der Waals surface area contributed by atoms with Crippen molar-refractivity contribution in [1.82, 2.24) is 15.0 Å². The van der Waals surface area contributed by atoms with E-state index in [0.29, 0.717) is 54.3 Å². The lowest BCUT2D eigenvalue weighted by molar-refractivity contribution is -0.286.